The molecule has 0 spiro atoms. The molecule has 2 saturated carbocycles. The number of carbonyl (C=O) groups is 2. The average Bonchev–Trinajstić information content (AvgIpc) is 3.44. The van der Waals surface area contributed by atoms with Gasteiger partial charge < -0.3 is 10.6 Å². The van der Waals surface area contributed by atoms with Crippen molar-refractivity contribution in [2.45, 2.75) is 51.0 Å². The lowest BCUT2D eigenvalue weighted by atomic mass is 9.95. The van der Waals surface area contributed by atoms with Crippen LogP contribution in [0.3, 0.4) is 0 Å². The Hall–Kier alpha value is -2.63. The highest BCUT2D eigenvalue weighted by Crippen LogP contribution is 2.30. The third kappa shape index (κ3) is 3.79. The molecule has 1 aromatic carbocycles. The summed E-state index contributed by atoms with van der Waals surface area (Å²) in [7, 11) is 0. The van der Waals surface area contributed by atoms with Gasteiger partial charge in [-0.25, -0.2) is 4.68 Å². The molecule has 0 bridgehead atoms. The summed E-state index contributed by atoms with van der Waals surface area (Å²) in [5.41, 5.74) is 1.15. The zero-order valence-corrected chi connectivity index (χ0v) is 14.8. The average molecular weight is 352 g/mol. The summed E-state index contributed by atoms with van der Waals surface area (Å²) >= 11 is 0. The van der Waals surface area contributed by atoms with Crippen molar-refractivity contribution in [3.8, 4) is 5.69 Å². The van der Waals surface area contributed by atoms with Crippen LogP contribution in [0.4, 0.5) is 5.82 Å². The molecule has 1 aromatic heterocycles. The molecule has 6 heteroatoms. The standard InChI is InChI=1S/C20H24N4O2/c25-19(14-11-12-14)22-18-13-17(20(26)21-15-7-3-1-4-8-15)23-24(18)16-9-5-2-6-10-16/h2,5-6,9-10,13-15H,1,3-4,7-8,11-12H2,(H,21,26)(H,22,25). The Morgan fingerprint density at radius 3 is 2.42 bits per heavy atom. The van der Waals surface area contributed by atoms with Gasteiger partial charge >= 0.3 is 0 Å². The zero-order valence-electron chi connectivity index (χ0n) is 14.8. The van der Waals surface area contributed by atoms with E-state index >= 15 is 0 Å². The molecule has 136 valence electrons. The first-order valence-electron chi connectivity index (χ1n) is 9.48. The molecule has 26 heavy (non-hydrogen) atoms. The van der Waals surface area contributed by atoms with E-state index in [0.29, 0.717) is 11.5 Å². The molecule has 4 rings (SSSR count). The van der Waals surface area contributed by atoms with Crippen molar-refractivity contribution in [2.75, 3.05) is 5.32 Å². The van der Waals surface area contributed by atoms with Gasteiger partial charge in [0.25, 0.3) is 5.91 Å². The number of carbonyl (C=O) groups excluding carboxylic acids is 2. The lowest BCUT2D eigenvalue weighted by molar-refractivity contribution is -0.117. The van der Waals surface area contributed by atoms with Crippen molar-refractivity contribution in [1.29, 1.82) is 0 Å². The SMILES string of the molecule is O=C(NC1CCCCC1)c1cc(NC(=O)C2CC2)n(-c2ccccc2)n1. The molecule has 2 N–H and O–H groups in total. The van der Waals surface area contributed by atoms with Crippen molar-refractivity contribution in [2.24, 2.45) is 5.92 Å². The second-order valence-electron chi connectivity index (χ2n) is 7.23. The van der Waals surface area contributed by atoms with Crippen molar-refractivity contribution >= 4 is 17.6 Å². The smallest absolute Gasteiger partial charge is 0.272 e. The van der Waals surface area contributed by atoms with Gasteiger partial charge in [-0.3, -0.25) is 9.59 Å². The maximum absolute atomic E-state index is 12.6. The molecule has 1 heterocycles. The van der Waals surface area contributed by atoms with Gasteiger partial charge in [0.15, 0.2) is 5.69 Å². The summed E-state index contributed by atoms with van der Waals surface area (Å²) in [6, 6.07) is 11.4. The highest BCUT2D eigenvalue weighted by atomic mass is 16.2. The number of nitrogens with one attached hydrogen (secondary N) is 2. The number of para-hydroxylation sites is 1. The van der Waals surface area contributed by atoms with Gasteiger partial charge in [0.2, 0.25) is 5.91 Å². The van der Waals surface area contributed by atoms with Gasteiger partial charge in [-0.15, -0.1) is 0 Å². The van der Waals surface area contributed by atoms with Crippen molar-refractivity contribution in [1.82, 2.24) is 15.1 Å². The minimum atomic E-state index is -0.173. The summed E-state index contributed by atoms with van der Waals surface area (Å²) < 4.78 is 1.63. The minimum absolute atomic E-state index is 0.00122. The molecule has 2 aromatic rings. The lowest BCUT2D eigenvalue weighted by Gasteiger charge is -2.22. The fourth-order valence-electron chi connectivity index (χ4n) is 3.43. The molecule has 2 aliphatic rings. The molecule has 0 unspecified atom stereocenters. The second kappa shape index (κ2) is 7.32. The fraction of sp³-hybridized carbons (Fsp3) is 0.450. The molecule has 0 atom stereocenters. The van der Waals surface area contributed by atoms with E-state index in [0.717, 1.165) is 44.2 Å². The Bertz CT molecular complexity index is 789. The van der Waals surface area contributed by atoms with E-state index in [9.17, 15) is 9.59 Å². The van der Waals surface area contributed by atoms with Gasteiger partial charge in [-0.05, 0) is 37.8 Å². The fourth-order valence-corrected chi connectivity index (χ4v) is 3.43. The van der Waals surface area contributed by atoms with Crippen molar-refractivity contribution in [3.05, 3.63) is 42.1 Å². The topological polar surface area (TPSA) is 76.0 Å². The number of aromatic nitrogens is 2. The molecular weight excluding hydrogens is 328 g/mol. The van der Waals surface area contributed by atoms with Gasteiger partial charge in [0.05, 0.1) is 5.69 Å². The van der Waals surface area contributed by atoms with E-state index in [1.807, 2.05) is 30.3 Å². The number of hydrogen-bond donors (Lipinski definition) is 2. The quantitative estimate of drug-likeness (QED) is 0.867. The largest absolute Gasteiger partial charge is 0.348 e. The second-order valence-corrected chi connectivity index (χ2v) is 7.23. The van der Waals surface area contributed by atoms with E-state index in [1.54, 1.807) is 10.7 Å². The molecular formula is C20H24N4O2. The van der Waals surface area contributed by atoms with Crippen LogP contribution in [-0.2, 0) is 4.79 Å². The van der Waals surface area contributed by atoms with E-state index in [2.05, 4.69) is 15.7 Å². The zero-order chi connectivity index (χ0) is 17.9. The third-order valence-electron chi connectivity index (χ3n) is 5.08. The lowest BCUT2D eigenvalue weighted by Crippen LogP contribution is -2.36. The van der Waals surface area contributed by atoms with Crippen LogP contribution in [0.1, 0.15) is 55.4 Å². The molecule has 0 radical (unpaired) electrons. The molecule has 2 amide bonds. The third-order valence-corrected chi connectivity index (χ3v) is 5.08. The maximum Gasteiger partial charge on any atom is 0.272 e. The Kier molecular flexibility index (Phi) is 4.73. The van der Waals surface area contributed by atoms with Gasteiger partial charge in [0, 0.05) is 18.0 Å². The Balaban J connectivity index is 1.57. The molecule has 0 saturated heterocycles. The number of hydrogen-bond acceptors (Lipinski definition) is 3. The Labute approximate surface area is 153 Å². The van der Waals surface area contributed by atoms with Gasteiger partial charge in [-0.2, -0.15) is 5.10 Å². The number of amides is 2. The first-order valence-corrected chi connectivity index (χ1v) is 9.48. The Morgan fingerprint density at radius 1 is 1.00 bits per heavy atom. The predicted molar refractivity (Wildman–Crippen MR) is 99.3 cm³/mol. The van der Waals surface area contributed by atoms with Crippen LogP contribution in [0.25, 0.3) is 5.69 Å². The van der Waals surface area contributed by atoms with Crippen LogP contribution in [0, 0.1) is 5.92 Å². The summed E-state index contributed by atoms with van der Waals surface area (Å²) in [6.07, 6.45) is 7.47. The minimum Gasteiger partial charge on any atom is -0.348 e. The van der Waals surface area contributed by atoms with E-state index < -0.39 is 0 Å². The van der Waals surface area contributed by atoms with E-state index in [4.69, 9.17) is 0 Å². The molecule has 6 nitrogen and oxygen atoms in total. The highest BCUT2D eigenvalue weighted by molar-refractivity contribution is 5.97. The van der Waals surface area contributed by atoms with Crippen LogP contribution in [0.5, 0.6) is 0 Å². The maximum atomic E-state index is 12.6. The van der Waals surface area contributed by atoms with Gasteiger partial charge in [-0.1, -0.05) is 37.5 Å². The van der Waals surface area contributed by atoms with Crippen molar-refractivity contribution < 1.29 is 9.59 Å². The highest BCUT2D eigenvalue weighted by Gasteiger charge is 2.31. The Morgan fingerprint density at radius 2 is 1.73 bits per heavy atom. The van der Waals surface area contributed by atoms with Crippen LogP contribution < -0.4 is 10.6 Å². The normalized spacial score (nSPS) is 17.7. The van der Waals surface area contributed by atoms with E-state index in [-0.39, 0.29) is 23.8 Å². The number of anilines is 1. The molecule has 0 aliphatic heterocycles. The summed E-state index contributed by atoms with van der Waals surface area (Å²) in [6.45, 7) is 0. The first kappa shape index (κ1) is 16.8. The summed E-state index contributed by atoms with van der Waals surface area (Å²) in [5, 5.41) is 10.5. The first-order chi connectivity index (χ1) is 12.7. The van der Waals surface area contributed by atoms with E-state index in [1.165, 1.54) is 6.42 Å². The summed E-state index contributed by atoms with van der Waals surface area (Å²) in [4.78, 5) is 24.8. The monoisotopic (exact) mass is 352 g/mol. The van der Waals surface area contributed by atoms with Crippen LogP contribution in [-0.4, -0.2) is 27.6 Å². The van der Waals surface area contributed by atoms with Crippen LogP contribution in [0.2, 0.25) is 0 Å². The number of benzene rings is 1. The van der Waals surface area contributed by atoms with Crippen LogP contribution in [0.15, 0.2) is 36.4 Å². The summed E-state index contributed by atoms with van der Waals surface area (Å²) in [5.74, 6) is 0.463. The van der Waals surface area contributed by atoms with Crippen LogP contribution >= 0.6 is 0 Å². The molecule has 2 aliphatic carbocycles. The predicted octanol–water partition coefficient (Wildman–Crippen LogP) is 3.28. The van der Waals surface area contributed by atoms with Crippen molar-refractivity contribution in [3.63, 3.8) is 0 Å². The van der Waals surface area contributed by atoms with Gasteiger partial charge in [0.1, 0.15) is 5.82 Å². The number of nitrogens with zero attached hydrogens (tertiary/aromatic N) is 2. The molecule has 2 fully saturated rings. The number of rotatable bonds is 5.